The number of nitrogens with zero attached hydrogens (tertiary/aromatic N) is 1. The molecule has 2 atom stereocenters. The van der Waals surface area contributed by atoms with Crippen molar-refractivity contribution in [3.63, 3.8) is 0 Å². The number of para-hydroxylation sites is 1. The standard InChI is InChI=1S/C14H16ClF2NO2/c1-9-6-7-18(11(9)8-15)13(19)10-4-2-3-5-12(10)20-14(16)17/h2-5,9,11,14H,6-8H2,1H3. The second kappa shape index (κ2) is 6.39. The van der Waals surface area contributed by atoms with Crippen LogP contribution in [0.15, 0.2) is 24.3 Å². The third-order valence-corrected chi connectivity index (χ3v) is 3.95. The number of alkyl halides is 3. The van der Waals surface area contributed by atoms with E-state index >= 15 is 0 Å². The van der Waals surface area contributed by atoms with Gasteiger partial charge in [-0.2, -0.15) is 8.78 Å². The van der Waals surface area contributed by atoms with E-state index in [1.54, 1.807) is 17.0 Å². The molecule has 0 aromatic heterocycles. The summed E-state index contributed by atoms with van der Waals surface area (Å²) in [4.78, 5) is 14.2. The van der Waals surface area contributed by atoms with Gasteiger partial charge in [0.1, 0.15) is 5.75 Å². The van der Waals surface area contributed by atoms with E-state index in [0.29, 0.717) is 18.3 Å². The summed E-state index contributed by atoms with van der Waals surface area (Å²) < 4.78 is 29.2. The monoisotopic (exact) mass is 303 g/mol. The number of ether oxygens (including phenoxy) is 1. The van der Waals surface area contributed by atoms with E-state index in [2.05, 4.69) is 4.74 Å². The third kappa shape index (κ3) is 3.03. The highest BCUT2D eigenvalue weighted by molar-refractivity contribution is 6.18. The van der Waals surface area contributed by atoms with Crippen molar-refractivity contribution in [2.24, 2.45) is 5.92 Å². The molecule has 1 heterocycles. The lowest BCUT2D eigenvalue weighted by molar-refractivity contribution is -0.0502. The zero-order valence-corrected chi connectivity index (χ0v) is 11.8. The second-order valence-corrected chi connectivity index (χ2v) is 5.17. The maximum absolute atomic E-state index is 12.5. The average Bonchev–Trinajstić information content (AvgIpc) is 2.79. The highest BCUT2D eigenvalue weighted by Crippen LogP contribution is 2.29. The van der Waals surface area contributed by atoms with E-state index in [9.17, 15) is 13.6 Å². The van der Waals surface area contributed by atoms with Crippen molar-refractivity contribution in [2.75, 3.05) is 12.4 Å². The molecule has 1 aromatic carbocycles. The average molecular weight is 304 g/mol. The lowest BCUT2D eigenvalue weighted by Crippen LogP contribution is -2.38. The summed E-state index contributed by atoms with van der Waals surface area (Å²) in [5.74, 6) is 0.237. The fourth-order valence-corrected chi connectivity index (χ4v) is 2.96. The van der Waals surface area contributed by atoms with Crippen LogP contribution in [0.25, 0.3) is 0 Å². The zero-order valence-electron chi connectivity index (χ0n) is 11.1. The van der Waals surface area contributed by atoms with Crippen LogP contribution in [-0.2, 0) is 0 Å². The summed E-state index contributed by atoms with van der Waals surface area (Å²) in [5, 5.41) is 0. The number of amides is 1. The molecule has 20 heavy (non-hydrogen) atoms. The van der Waals surface area contributed by atoms with Crippen molar-refractivity contribution in [3.05, 3.63) is 29.8 Å². The highest BCUT2D eigenvalue weighted by Gasteiger charge is 2.35. The number of hydrogen-bond donors (Lipinski definition) is 0. The van der Waals surface area contributed by atoms with E-state index in [-0.39, 0.29) is 23.3 Å². The normalized spacial score (nSPS) is 22.4. The molecule has 0 bridgehead atoms. The van der Waals surface area contributed by atoms with Gasteiger partial charge in [0.15, 0.2) is 0 Å². The molecule has 1 amide bonds. The van der Waals surface area contributed by atoms with E-state index in [1.807, 2.05) is 6.92 Å². The number of carbonyl (C=O) groups excluding carboxylic acids is 1. The van der Waals surface area contributed by atoms with Crippen LogP contribution < -0.4 is 4.74 Å². The van der Waals surface area contributed by atoms with Crippen LogP contribution in [0.5, 0.6) is 5.75 Å². The summed E-state index contributed by atoms with van der Waals surface area (Å²) in [5.41, 5.74) is 0.150. The van der Waals surface area contributed by atoms with Gasteiger partial charge in [0.2, 0.25) is 0 Å². The fraction of sp³-hybridized carbons (Fsp3) is 0.500. The molecule has 2 unspecified atom stereocenters. The lowest BCUT2D eigenvalue weighted by Gasteiger charge is -2.25. The van der Waals surface area contributed by atoms with Crippen LogP contribution >= 0.6 is 11.6 Å². The predicted octanol–water partition coefficient (Wildman–Crippen LogP) is 3.38. The minimum Gasteiger partial charge on any atom is -0.434 e. The minimum atomic E-state index is -2.95. The minimum absolute atomic E-state index is 0.0660. The van der Waals surface area contributed by atoms with Crippen LogP contribution in [0.2, 0.25) is 0 Å². The molecule has 1 saturated heterocycles. The summed E-state index contributed by atoms with van der Waals surface area (Å²) >= 11 is 5.91. The van der Waals surface area contributed by atoms with Gasteiger partial charge in [0.05, 0.1) is 5.56 Å². The Labute approximate surface area is 121 Å². The Morgan fingerprint density at radius 2 is 2.20 bits per heavy atom. The van der Waals surface area contributed by atoms with Crippen LogP contribution in [-0.4, -0.2) is 35.9 Å². The van der Waals surface area contributed by atoms with E-state index in [4.69, 9.17) is 11.6 Å². The van der Waals surface area contributed by atoms with Crippen LogP contribution in [0.3, 0.4) is 0 Å². The molecule has 1 aliphatic rings. The molecular weight excluding hydrogens is 288 g/mol. The molecule has 1 aromatic rings. The summed E-state index contributed by atoms with van der Waals surface area (Å²) in [7, 11) is 0. The Morgan fingerprint density at radius 3 is 2.85 bits per heavy atom. The largest absolute Gasteiger partial charge is 0.434 e. The first-order valence-corrected chi connectivity index (χ1v) is 6.98. The van der Waals surface area contributed by atoms with Gasteiger partial charge in [0, 0.05) is 18.5 Å². The van der Waals surface area contributed by atoms with Crippen molar-refractivity contribution in [1.82, 2.24) is 4.90 Å². The molecule has 3 nitrogen and oxygen atoms in total. The third-order valence-electron chi connectivity index (χ3n) is 3.64. The Kier molecular flexibility index (Phi) is 4.81. The van der Waals surface area contributed by atoms with Crippen LogP contribution in [0.4, 0.5) is 8.78 Å². The highest BCUT2D eigenvalue weighted by atomic mass is 35.5. The van der Waals surface area contributed by atoms with Gasteiger partial charge in [-0.25, -0.2) is 0 Å². The van der Waals surface area contributed by atoms with Crippen molar-refractivity contribution in [2.45, 2.75) is 26.0 Å². The van der Waals surface area contributed by atoms with Crippen LogP contribution in [0, 0.1) is 5.92 Å². The molecule has 1 aliphatic heterocycles. The van der Waals surface area contributed by atoms with Crippen molar-refractivity contribution >= 4 is 17.5 Å². The first-order valence-electron chi connectivity index (χ1n) is 6.45. The van der Waals surface area contributed by atoms with Gasteiger partial charge >= 0.3 is 6.61 Å². The molecular formula is C14H16ClF2NO2. The molecule has 110 valence electrons. The Balaban J connectivity index is 2.25. The number of likely N-dealkylation sites (tertiary alicyclic amines) is 1. The molecule has 0 radical (unpaired) electrons. The van der Waals surface area contributed by atoms with E-state index in [0.717, 1.165) is 6.42 Å². The molecule has 2 rings (SSSR count). The summed E-state index contributed by atoms with van der Waals surface area (Å²) in [6.07, 6.45) is 0.862. The van der Waals surface area contributed by atoms with E-state index < -0.39 is 6.61 Å². The number of hydrogen-bond acceptors (Lipinski definition) is 2. The lowest BCUT2D eigenvalue weighted by atomic mass is 10.0. The van der Waals surface area contributed by atoms with Gasteiger partial charge in [0.25, 0.3) is 5.91 Å². The predicted molar refractivity (Wildman–Crippen MR) is 72.4 cm³/mol. The van der Waals surface area contributed by atoms with Gasteiger partial charge in [-0.1, -0.05) is 19.1 Å². The van der Waals surface area contributed by atoms with E-state index in [1.165, 1.54) is 12.1 Å². The van der Waals surface area contributed by atoms with Crippen molar-refractivity contribution in [1.29, 1.82) is 0 Å². The van der Waals surface area contributed by atoms with Gasteiger partial charge in [-0.05, 0) is 24.5 Å². The number of carbonyl (C=O) groups is 1. The summed E-state index contributed by atoms with van der Waals surface area (Å²) in [6.45, 7) is -0.340. The SMILES string of the molecule is CC1CCN(C(=O)c2ccccc2OC(F)F)C1CCl. The fourth-order valence-electron chi connectivity index (χ4n) is 2.49. The zero-order chi connectivity index (χ0) is 14.7. The Morgan fingerprint density at radius 1 is 1.50 bits per heavy atom. The van der Waals surface area contributed by atoms with Crippen molar-refractivity contribution < 1.29 is 18.3 Å². The van der Waals surface area contributed by atoms with Crippen molar-refractivity contribution in [3.8, 4) is 5.75 Å². The molecule has 6 heteroatoms. The first kappa shape index (κ1) is 15.0. The maximum atomic E-state index is 12.5. The number of benzene rings is 1. The summed E-state index contributed by atoms with van der Waals surface area (Å²) in [6, 6.07) is 5.98. The molecule has 0 spiro atoms. The molecule has 0 aliphatic carbocycles. The van der Waals surface area contributed by atoms with Gasteiger partial charge < -0.3 is 9.64 Å². The maximum Gasteiger partial charge on any atom is 0.387 e. The molecule has 0 saturated carbocycles. The van der Waals surface area contributed by atoms with Gasteiger partial charge in [-0.15, -0.1) is 11.6 Å². The second-order valence-electron chi connectivity index (χ2n) is 4.86. The number of halogens is 3. The smallest absolute Gasteiger partial charge is 0.387 e. The molecule has 1 fully saturated rings. The first-order chi connectivity index (χ1) is 9.54. The Hall–Kier alpha value is -1.36. The topological polar surface area (TPSA) is 29.5 Å². The molecule has 0 N–H and O–H groups in total. The van der Waals surface area contributed by atoms with Gasteiger partial charge in [-0.3, -0.25) is 4.79 Å². The quantitative estimate of drug-likeness (QED) is 0.798. The Bertz CT molecular complexity index is 484. The number of rotatable bonds is 4. The van der Waals surface area contributed by atoms with Crippen LogP contribution in [0.1, 0.15) is 23.7 Å².